The minimum atomic E-state index is -0.771. The first-order valence-electron chi connectivity index (χ1n) is 5.90. The summed E-state index contributed by atoms with van der Waals surface area (Å²) in [5.41, 5.74) is 6.63. The van der Waals surface area contributed by atoms with Gasteiger partial charge >= 0.3 is 0 Å². The minimum Gasteiger partial charge on any atom is -0.398 e. The molecule has 7 heteroatoms. The molecular weight excluding hydrogens is 300 g/mol. The molecule has 0 radical (unpaired) electrons. The third kappa shape index (κ3) is 2.45. The second-order valence-corrected chi connectivity index (χ2v) is 4.66. The van der Waals surface area contributed by atoms with Crippen LogP contribution < -0.4 is 5.73 Å². The van der Waals surface area contributed by atoms with Gasteiger partial charge in [0.2, 0.25) is 5.82 Å². The van der Waals surface area contributed by atoms with E-state index < -0.39 is 11.6 Å². The Labute approximate surface area is 123 Å². The Morgan fingerprint density at radius 1 is 1.05 bits per heavy atom. The summed E-state index contributed by atoms with van der Waals surface area (Å²) in [5, 5.41) is 3.41. The van der Waals surface area contributed by atoms with Crippen molar-refractivity contribution >= 4 is 17.3 Å². The molecule has 0 aliphatic rings. The van der Waals surface area contributed by atoms with Crippen LogP contribution in [0.4, 0.5) is 14.5 Å². The maximum atomic E-state index is 13.8. The van der Waals surface area contributed by atoms with Gasteiger partial charge in [-0.25, -0.2) is 8.78 Å². The molecule has 0 atom stereocenters. The van der Waals surface area contributed by atoms with Crippen LogP contribution in [0.25, 0.3) is 22.8 Å². The molecule has 0 spiro atoms. The molecule has 4 nitrogen and oxygen atoms in total. The van der Waals surface area contributed by atoms with E-state index in [1.54, 1.807) is 24.3 Å². The van der Waals surface area contributed by atoms with Gasteiger partial charge in [-0.05, 0) is 24.3 Å². The van der Waals surface area contributed by atoms with E-state index in [2.05, 4.69) is 10.1 Å². The number of anilines is 1. The van der Waals surface area contributed by atoms with Crippen LogP contribution in [0.3, 0.4) is 0 Å². The molecule has 0 fully saturated rings. The van der Waals surface area contributed by atoms with Gasteiger partial charge in [0.25, 0.3) is 5.89 Å². The maximum Gasteiger partial charge on any atom is 0.261 e. The molecule has 0 bridgehead atoms. The van der Waals surface area contributed by atoms with Crippen molar-refractivity contribution in [3.05, 3.63) is 53.1 Å². The minimum absolute atomic E-state index is 0.152. The number of nitrogens with two attached hydrogens (primary N) is 1. The van der Waals surface area contributed by atoms with Crippen LogP contribution in [0, 0.1) is 11.6 Å². The average Bonchev–Trinajstić information content (AvgIpc) is 2.92. The van der Waals surface area contributed by atoms with Gasteiger partial charge in [-0.15, -0.1) is 0 Å². The van der Waals surface area contributed by atoms with E-state index in [4.69, 9.17) is 21.9 Å². The zero-order valence-electron chi connectivity index (χ0n) is 10.5. The number of benzene rings is 2. The first kappa shape index (κ1) is 13.5. The van der Waals surface area contributed by atoms with Crippen molar-refractivity contribution in [1.82, 2.24) is 10.1 Å². The fraction of sp³-hybridized carbons (Fsp3) is 0. The Balaban J connectivity index is 2.07. The van der Waals surface area contributed by atoms with Crippen LogP contribution in [0.2, 0.25) is 5.02 Å². The van der Waals surface area contributed by atoms with E-state index in [0.717, 1.165) is 12.1 Å². The van der Waals surface area contributed by atoms with E-state index in [0.29, 0.717) is 11.3 Å². The van der Waals surface area contributed by atoms with Crippen molar-refractivity contribution in [2.75, 3.05) is 5.73 Å². The summed E-state index contributed by atoms with van der Waals surface area (Å²) in [6, 6.07) is 8.64. The number of rotatable bonds is 2. The Kier molecular flexibility index (Phi) is 3.31. The van der Waals surface area contributed by atoms with Gasteiger partial charge in [-0.2, -0.15) is 4.98 Å². The van der Waals surface area contributed by atoms with E-state index in [1.807, 2.05) is 0 Å². The van der Waals surface area contributed by atoms with E-state index in [-0.39, 0.29) is 22.3 Å². The number of halogens is 3. The van der Waals surface area contributed by atoms with Crippen molar-refractivity contribution < 1.29 is 13.3 Å². The van der Waals surface area contributed by atoms with Gasteiger partial charge in [-0.3, -0.25) is 0 Å². The third-order valence-electron chi connectivity index (χ3n) is 2.87. The molecule has 0 unspecified atom stereocenters. The normalized spacial score (nSPS) is 10.8. The Bertz CT molecular complexity index is 820. The van der Waals surface area contributed by atoms with Crippen molar-refractivity contribution in [2.24, 2.45) is 0 Å². The molecule has 0 saturated heterocycles. The summed E-state index contributed by atoms with van der Waals surface area (Å²) in [5.74, 6) is -1.48. The Morgan fingerprint density at radius 3 is 2.57 bits per heavy atom. The smallest absolute Gasteiger partial charge is 0.261 e. The molecule has 3 rings (SSSR count). The molecular formula is C14H8ClF2N3O. The first-order chi connectivity index (χ1) is 10.1. The van der Waals surface area contributed by atoms with Crippen molar-refractivity contribution in [3.63, 3.8) is 0 Å². The third-order valence-corrected chi connectivity index (χ3v) is 3.16. The van der Waals surface area contributed by atoms with Gasteiger partial charge in [0.15, 0.2) is 0 Å². The highest BCUT2D eigenvalue weighted by molar-refractivity contribution is 6.30. The highest BCUT2D eigenvalue weighted by Crippen LogP contribution is 2.29. The van der Waals surface area contributed by atoms with E-state index >= 15 is 0 Å². The molecule has 0 saturated carbocycles. The van der Waals surface area contributed by atoms with Crippen molar-refractivity contribution in [2.45, 2.75) is 0 Å². The molecule has 0 aliphatic heterocycles. The predicted octanol–water partition coefficient (Wildman–Crippen LogP) is 3.92. The van der Waals surface area contributed by atoms with Gasteiger partial charge < -0.3 is 10.3 Å². The second kappa shape index (κ2) is 5.14. The lowest BCUT2D eigenvalue weighted by molar-refractivity contribution is 0.429. The summed E-state index contributed by atoms with van der Waals surface area (Å²) in [4.78, 5) is 4.04. The lowest BCUT2D eigenvalue weighted by atomic mass is 10.1. The zero-order valence-corrected chi connectivity index (χ0v) is 11.2. The number of aromatic nitrogens is 2. The van der Waals surface area contributed by atoms with E-state index in [1.165, 1.54) is 0 Å². The quantitative estimate of drug-likeness (QED) is 0.575. The average molecular weight is 308 g/mol. The summed E-state index contributed by atoms with van der Waals surface area (Å²) < 4.78 is 32.2. The molecule has 2 N–H and O–H groups in total. The second-order valence-electron chi connectivity index (χ2n) is 4.26. The molecule has 0 aliphatic carbocycles. The van der Waals surface area contributed by atoms with Gasteiger partial charge in [0, 0.05) is 11.3 Å². The lowest BCUT2D eigenvalue weighted by Crippen LogP contribution is -1.91. The van der Waals surface area contributed by atoms with E-state index in [9.17, 15) is 8.78 Å². The Morgan fingerprint density at radius 2 is 1.81 bits per heavy atom. The molecule has 1 aromatic heterocycles. The maximum absolute atomic E-state index is 13.8. The van der Waals surface area contributed by atoms with Crippen LogP contribution in [0.1, 0.15) is 0 Å². The monoisotopic (exact) mass is 307 g/mol. The van der Waals surface area contributed by atoms with Crippen LogP contribution in [-0.4, -0.2) is 10.1 Å². The number of nitrogens with zero attached hydrogens (tertiary/aromatic N) is 2. The topological polar surface area (TPSA) is 64.9 Å². The van der Waals surface area contributed by atoms with Crippen LogP contribution >= 0.6 is 11.6 Å². The van der Waals surface area contributed by atoms with Crippen LogP contribution in [0.15, 0.2) is 40.9 Å². The summed E-state index contributed by atoms with van der Waals surface area (Å²) in [7, 11) is 0. The Hall–Kier alpha value is -2.47. The highest BCUT2D eigenvalue weighted by Gasteiger charge is 2.17. The molecule has 1 heterocycles. The van der Waals surface area contributed by atoms with Crippen LogP contribution in [0.5, 0.6) is 0 Å². The van der Waals surface area contributed by atoms with Crippen molar-refractivity contribution in [3.8, 4) is 22.8 Å². The molecule has 106 valence electrons. The standard InChI is InChI=1S/C14H8ClF2N3O/c15-9-6-10(16)8(5-11(9)17)14-19-13(20-21-14)7-3-1-2-4-12(7)18/h1-6H,18H2. The molecule has 21 heavy (non-hydrogen) atoms. The largest absolute Gasteiger partial charge is 0.398 e. The number of nitrogen functional groups attached to an aromatic ring is 1. The molecule has 2 aromatic carbocycles. The van der Waals surface area contributed by atoms with Gasteiger partial charge in [-0.1, -0.05) is 28.9 Å². The fourth-order valence-electron chi connectivity index (χ4n) is 1.83. The fourth-order valence-corrected chi connectivity index (χ4v) is 1.98. The number of para-hydroxylation sites is 1. The highest BCUT2D eigenvalue weighted by atomic mass is 35.5. The lowest BCUT2D eigenvalue weighted by Gasteiger charge is -2.00. The SMILES string of the molecule is Nc1ccccc1-c1noc(-c2cc(F)c(Cl)cc2F)n1. The summed E-state index contributed by atoms with van der Waals surface area (Å²) in [6.07, 6.45) is 0. The molecule has 0 amide bonds. The summed E-state index contributed by atoms with van der Waals surface area (Å²) in [6.45, 7) is 0. The van der Waals surface area contributed by atoms with Gasteiger partial charge in [0.05, 0.1) is 10.6 Å². The zero-order chi connectivity index (χ0) is 15.0. The molecule has 3 aromatic rings. The summed E-state index contributed by atoms with van der Waals surface area (Å²) >= 11 is 5.50. The van der Waals surface area contributed by atoms with Crippen LogP contribution in [-0.2, 0) is 0 Å². The number of hydrogen-bond acceptors (Lipinski definition) is 4. The predicted molar refractivity (Wildman–Crippen MR) is 74.5 cm³/mol. The first-order valence-corrected chi connectivity index (χ1v) is 6.27. The van der Waals surface area contributed by atoms with Gasteiger partial charge in [0.1, 0.15) is 11.6 Å². The van der Waals surface area contributed by atoms with Crippen molar-refractivity contribution in [1.29, 1.82) is 0 Å². The number of hydrogen-bond donors (Lipinski definition) is 1.